The van der Waals surface area contributed by atoms with Crippen molar-refractivity contribution in [2.45, 2.75) is 26.8 Å². The molecule has 0 aliphatic rings. The largest absolute Gasteiger partial charge is 0.323 e. The third-order valence-electron chi connectivity index (χ3n) is 4.44. The number of urea groups is 1. The molecule has 30 heavy (non-hydrogen) atoms. The van der Waals surface area contributed by atoms with Crippen molar-refractivity contribution in [3.05, 3.63) is 53.6 Å². The summed E-state index contributed by atoms with van der Waals surface area (Å²) in [5.41, 5.74) is 2.19. The van der Waals surface area contributed by atoms with Crippen LogP contribution in [0.25, 0.3) is 0 Å². The SMILES string of the molecule is CCS(=O)(=O)N(C)CCCNCc1ccc(F)c(NC(=O)Nc2ccc(C)nc2)c1. The minimum atomic E-state index is -3.17. The molecule has 2 rings (SSSR count). The van der Waals surface area contributed by atoms with Gasteiger partial charge in [-0.25, -0.2) is 21.9 Å². The first-order valence-corrected chi connectivity index (χ1v) is 11.3. The average molecular weight is 438 g/mol. The molecule has 0 saturated heterocycles. The first-order chi connectivity index (χ1) is 14.2. The Balaban J connectivity index is 1.83. The van der Waals surface area contributed by atoms with Gasteiger partial charge in [0.05, 0.1) is 23.3 Å². The van der Waals surface area contributed by atoms with Crippen LogP contribution in [0, 0.1) is 12.7 Å². The van der Waals surface area contributed by atoms with Crippen molar-refractivity contribution in [2.24, 2.45) is 0 Å². The molecule has 164 valence electrons. The zero-order valence-corrected chi connectivity index (χ0v) is 18.2. The molecule has 0 spiro atoms. The van der Waals surface area contributed by atoms with Gasteiger partial charge >= 0.3 is 6.03 Å². The maximum Gasteiger partial charge on any atom is 0.323 e. The molecule has 3 N–H and O–H groups in total. The van der Waals surface area contributed by atoms with E-state index in [2.05, 4.69) is 20.9 Å². The van der Waals surface area contributed by atoms with Gasteiger partial charge in [0.2, 0.25) is 10.0 Å². The summed E-state index contributed by atoms with van der Waals surface area (Å²) in [6.07, 6.45) is 2.17. The van der Waals surface area contributed by atoms with Crippen LogP contribution in [0.5, 0.6) is 0 Å². The Morgan fingerprint density at radius 1 is 1.20 bits per heavy atom. The molecule has 1 aromatic heterocycles. The Bertz CT molecular complexity index is 951. The van der Waals surface area contributed by atoms with E-state index >= 15 is 0 Å². The minimum Gasteiger partial charge on any atom is -0.313 e. The Morgan fingerprint density at radius 3 is 2.63 bits per heavy atom. The van der Waals surface area contributed by atoms with Gasteiger partial charge < -0.3 is 16.0 Å². The molecule has 0 unspecified atom stereocenters. The molecule has 0 saturated carbocycles. The molecule has 1 heterocycles. The van der Waals surface area contributed by atoms with Crippen LogP contribution < -0.4 is 16.0 Å². The molecular formula is C20H28FN5O3S. The predicted molar refractivity (Wildman–Crippen MR) is 116 cm³/mol. The number of aryl methyl sites for hydroxylation is 1. The van der Waals surface area contributed by atoms with Gasteiger partial charge in [0, 0.05) is 25.8 Å². The van der Waals surface area contributed by atoms with Crippen LogP contribution in [0.15, 0.2) is 36.5 Å². The quantitative estimate of drug-likeness (QED) is 0.496. The first kappa shape index (κ1) is 23.7. The Kier molecular flexibility index (Phi) is 8.70. The Labute approximate surface area is 176 Å². The van der Waals surface area contributed by atoms with E-state index in [4.69, 9.17) is 0 Å². The fourth-order valence-corrected chi connectivity index (χ4v) is 3.47. The van der Waals surface area contributed by atoms with Gasteiger partial charge in [-0.05, 0) is 56.6 Å². The second-order valence-corrected chi connectivity index (χ2v) is 9.20. The zero-order valence-electron chi connectivity index (χ0n) is 17.4. The molecule has 0 atom stereocenters. The van der Waals surface area contributed by atoms with E-state index in [1.54, 1.807) is 38.2 Å². The highest BCUT2D eigenvalue weighted by Gasteiger charge is 2.14. The number of benzene rings is 1. The van der Waals surface area contributed by atoms with Crippen LogP contribution in [0.4, 0.5) is 20.6 Å². The highest BCUT2D eigenvalue weighted by molar-refractivity contribution is 7.89. The summed E-state index contributed by atoms with van der Waals surface area (Å²) in [5.74, 6) is -0.460. The van der Waals surface area contributed by atoms with Crippen molar-refractivity contribution < 1.29 is 17.6 Å². The van der Waals surface area contributed by atoms with E-state index < -0.39 is 21.9 Å². The number of nitrogens with one attached hydrogen (secondary N) is 3. The van der Waals surface area contributed by atoms with Crippen molar-refractivity contribution in [3.8, 4) is 0 Å². The van der Waals surface area contributed by atoms with E-state index in [1.165, 1.54) is 16.6 Å². The topological polar surface area (TPSA) is 103 Å². The highest BCUT2D eigenvalue weighted by Crippen LogP contribution is 2.17. The smallest absolute Gasteiger partial charge is 0.313 e. The number of aromatic nitrogens is 1. The van der Waals surface area contributed by atoms with E-state index in [0.29, 0.717) is 31.7 Å². The molecule has 10 heteroatoms. The zero-order chi connectivity index (χ0) is 22.1. The Morgan fingerprint density at radius 2 is 1.97 bits per heavy atom. The number of rotatable bonds is 10. The number of anilines is 2. The second-order valence-electron chi connectivity index (χ2n) is 6.83. The predicted octanol–water partition coefficient (Wildman–Crippen LogP) is 2.93. The van der Waals surface area contributed by atoms with Gasteiger partial charge in [0.15, 0.2) is 0 Å². The van der Waals surface area contributed by atoms with Crippen molar-refractivity contribution in [2.75, 3.05) is 36.5 Å². The molecule has 0 fully saturated rings. The summed E-state index contributed by atoms with van der Waals surface area (Å²) >= 11 is 0. The van der Waals surface area contributed by atoms with Gasteiger partial charge in [-0.3, -0.25) is 4.98 Å². The van der Waals surface area contributed by atoms with Crippen molar-refractivity contribution in [1.82, 2.24) is 14.6 Å². The minimum absolute atomic E-state index is 0.0700. The van der Waals surface area contributed by atoms with Crippen molar-refractivity contribution in [1.29, 1.82) is 0 Å². The van der Waals surface area contributed by atoms with Crippen molar-refractivity contribution in [3.63, 3.8) is 0 Å². The number of pyridine rings is 1. The molecule has 2 amide bonds. The summed E-state index contributed by atoms with van der Waals surface area (Å²) < 4.78 is 38.8. The fraction of sp³-hybridized carbons (Fsp3) is 0.400. The number of hydrogen-bond donors (Lipinski definition) is 3. The number of hydrogen-bond acceptors (Lipinski definition) is 5. The molecule has 1 aromatic carbocycles. The van der Waals surface area contributed by atoms with Crippen LogP contribution in [0.1, 0.15) is 24.6 Å². The van der Waals surface area contributed by atoms with E-state index in [0.717, 1.165) is 11.3 Å². The normalized spacial score (nSPS) is 11.5. The standard InChI is InChI=1S/C20H28FN5O3S/c1-4-30(28,29)26(3)11-5-10-22-13-16-7-9-18(21)19(12-16)25-20(27)24-17-8-6-15(2)23-14-17/h6-9,12,14,22H,4-5,10-11,13H2,1-3H3,(H2,24,25,27). The fourth-order valence-electron chi connectivity index (χ4n) is 2.62. The molecule has 0 aliphatic carbocycles. The molecule has 0 bridgehead atoms. The Hall–Kier alpha value is -2.56. The van der Waals surface area contributed by atoms with Gasteiger partial charge in [-0.1, -0.05) is 6.07 Å². The number of carbonyl (C=O) groups excluding carboxylic acids is 1. The summed E-state index contributed by atoms with van der Waals surface area (Å²) in [6, 6.07) is 7.39. The van der Waals surface area contributed by atoms with Crippen LogP contribution in [-0.2, 0) is 16.6 Å². The number of sulfonamides is 1. The van der Waals surface area contributed by atoms with Crippen LogP contribution in [0.2, 0.25) is 0 Å². The number of carbonyl (C=O) groups is 1. The third-order valence-corrected chi connectivity index (χ3v) is 6.31. The monoisotopic (exact) mass is 437 g/mol. The first-order valence-electron chi connectivity index (χ1n) is 9.65. The van der Waals surface area contributed by atoms with E-state index in [1.807, 2.05) is 6.92 Å². The molecule has 0 radical (unpaired) electrons. The third kappa shape index (κ3) is 7.36. The lowest BCUT2D eigenvalue weighted by molar-refractivity contribution is 0.262. The van der Waals surface area contributed by atoms with Gasteiger partial charge in [0.25, 0.3) is 0 Å². The summed E-state index contributed by atoms with van der Waals surface area (Å²) in [4.78, 5) is 16.2. The molecule has 2 aromatic rings. The average Bonchev–Trinajstić information content (AvgIpc) is 2.71. The summed E-state index contributed by atoms with van der Waals surface area (Å²) in [6.45, 7) is 4.94. The molecule has 8 nitrogen and oxygen atoms in total. The second kappa shape index (κ2) is 11.0. The lowest BCUT2D eigenvalue weighted by atomic mass is 10.2. The maximum atomic E-state index is 14.1. The van der Waals surface area contributed by atoms with Crippen LogP contribution >= 0.6 is 0 Å². The summed E-state index contributed by atoms with van der Waals surface area (Å²) in [5, 5.41) is 8.29. The van der Waals surface area contributed by atoms with E-state index in [-0.39, 0.29) is 11.4 Å². The number of halogens is 1. The van der Waals surface area contributed by atoms with Crippen molar-refractivity contribution >= 4 is 27.4 Å². The lowest BCUT2D eigenvalue weighted by Crippen LogP contribution is -2.31. The number of nitrogens with zero attached hydrogens (tertiary/aromatic N) is 2. The maximum absolute atomic E-state index is 14.1. The van der Waals surface area contributed by atoms with Crippen LogP contribution in [-0.4, -0.2) is 49.6 Å². The summed E-state index contributed by atoms with van der Waals surface area (Å²) in [7, 11) is -1.61. The highest BCUT2D eigenvalue weighted by atomic mass is 32.2. The lowest BCUT2D eigenvalue weighted by Gasteiger charge is -2.16. The van der Waals surface area contributed by atoms with Gasteiger partial charge in [-0.15, -0.1) is 0 Å². The number of amides is 2. The molecule has 0 aliphatic heterocycles. The van der Waals surface area contributed by atoms with Crippen LogP contribution in [0.3, 0.4) is 0 Å². The van der Waals surface area contributed by atoms with Gasteiger partial charge in [0.1, 0.15) is 5.82 Å². The van der Waals surface area contributed by atoms with E-state index in [9.17, 15) is 17.6 Å². The van der Waals surface area contributed by atoms with Gasteiger partial charge in [-0.2, -0.15) is 0 Å². The molecular weight excluding hydrogens is 409 g/mol.